The lowest BCUT2D eigenvalue weighted by atomic mass is 9.98. The van der Waals surface area contributed by atoms with Crippen LogP contribution in [0.4, 0.5) is 0 Å². The van der Waals surface area contributed by atoms with Gasteiger partial charge in [0.1, 0.15) is 5.78 Å². The van der Waals surface area contributed by atoms with Crippen LogP contribution in [0.2, 0.25) is 0 Å². The van der Waals surface area contributed by atoms with Gasteiger partial charge in [-0.1, -0.05) is 53.4 Å². The first-order chi connectivity index (χ1) is 7.43. The number of hydrogen-bond donors (Lipinski definition) is 1. The third-order valence-electron chi connectivity index (χ3n) is 2.90. The van der Waals surface area contributed by atoms with Gasteiger partial charge in [-0.15, -0.1) is 0 Å². The highest BCUT2D eigenvalue weighted by atomic mass is 16.3. The summed E-state index contributed by atoms with van der Waals surface area (Å²) in [4.78, 5) is 11.4. The summed E-state index contributed by atoms with van der Waals surface area (Å²) in [6.07, 6.45) is 5.40. The molecule has 0 rings (SSSR count). The standard InChI is InChI=1S/C14H28O2/c1-11(2)8-6-5-7-9-13(15)10-14(16)12(3)4/h11-13,15H,5-10H2,1-4H3. The Kier molecular flexibility index (Phi) is 8.54. The minimum atomic E-state index is -0.422. The molecule has 96 valence electrons. The number of Topliss-reactive ketones (excluding diaryl/α,β-unsaturated/α-hetero) is 1. The van der Waals surface area contributed by atoms with Crippen molar-refractivity contribution in [2.75, 3.05) is 0 Å². The Labute approximate surface area is 100 Å². The van der Waals surface area contributed by atoms with Crippen LogP contribution in [0, 0.1) is 11.8 Å². The van der Waals surface area contributed by atoms with Gasteiger partial charge in [0.15, 0.2) is 0 Å². The highest BCUT2D eigenvalue weighted by Gasteiger charge is 2.13. The predicted octanol–water partition coefficient (Wildman–Crippen LogP) is 3.57. The summed E-state index contributed by atoms with van der Waals surface area (Å²) in [5, 5.41) is 9.66. The van der Waals surface area contributed by atoms with Gasteiger partial charge in [0.05, 0.1) is 6.10 Å². The van der Waals surface area contributed by atoms with E-state index in [1.165, 1.54) is 19.3 Å². The lowest BCUT2D eigenvalue weighted by Crippen LogP contribution is -2.17. The molecule has 0 aromatic carbocycles. The minimum Gasteiger partial charge on any atom is -0.393 e. The minimum absolute atomic E-state index is 0.0515. The summed E-state index contributed by atoms with van der Waals surface area (Å²) in [6, 6.07) is 0. The number of aliphatic hydroxyl groups is 1. The van der Waals surface area contributed by atoms with E-state index >= 15 is 0 Å². The third-order valence-corrected chi connectivity index (χ3v) is 2.90. The van der Waals surface area contributed by atoms with E-state index in [9.17, 15) is 9.90 Å². The molecule has 0 aliphatic carbocycles. The second kappa shape index (κ2) is 8.74. The predicted molar refractivity (Wildman–Crippen MR) is 68.4 cm³/mol. The second-order valence-corrected chi connectivity index (χ2v) is 5.51. The van der Waals surface area contributed by atoms with Crippen LogP contribution in [0.5, 0.6) is 0 Å². The average molecular weight is 228 g/mol. The fraction of sp³-hybridized carbons (Fsp3) is 0.929. The zero-order chi connectivity index (χ0) is 12.6. The molecule has 0 bridgehead atoms. The molecular formula is C14H28O2. The van der Waals surface area contributed by atoms with Crippen LogP contribution in [0.3, 0.4) is 0 Å². The van der Waals surface area contributed by atoms with E-state index in [-0.39, 0.29) is 11.7 Å². The number of carbonyl (C=O) groups excluding carboxylic acids is 1. The first kappa shape index (κ1) is 15.6. The smallest absolute Gasteiger partial charge is 0.137 e. The zero-order valence-corrected chi connectivity index (χ0v) is 11.3. The number of ketones is 1. The van der Waals surface area contributed by atoms with Crippen molar-refractivity contribution in [2.45, 2.75) is 72.3 Å². The molecule has 0 saturated carbocycles. The lowest BCUT2D eigenvalue weighted by molar-refractivity contribution is -0.123. The monoisotopic (exact) mass is 228 g/mol. The van der Waals surface area contributed by atoms with E-state index in [2.05, 4.69) is 13.8 Å². The van der Waals surface area contributed by atoms with E-state index in [0.717, 1.165) is 18.8 Å². The van der Waals surface area contributed by atoms with Crippen molar-refractivity contribution >= 4 is 5.78 Å². The van der Waals surface area contributed by atoms with E-state index in [4.69, 9.17) is 0 Å². The highest BCUT2D eigenvalue weighted by molar-refractivity contribution is 5.80. The maximum atomic E-state index is 11.4. The van der Waals surface area contributed by atoms with Gasteiger partial charge in [0.25, 0.3) is 0 Å². The summed E-state index contributed by atoms with van der Waals surface area (Å²) in [5.74, 6) is 0.998. The Morgan fingerprint density at radius 1 is 1.00 bits per heavy atom. The molecule has 16 heavy (non-hydrogen) atoms. The molecule has 2 heteroatoms. The van der Waals surface area contributed by atoms with Crippen molar-refractivity contribution in [3.05, 3.63) is 0 Å². The van der Waals surface area contributed by atoms with Crippen molar-refractivity contribution in [2.24, 2.45) is 11.8 Å². The molecule has 0 fully saturated rings. The highest BCUT2D eigenvalue weighted by Crippen LogP contribution is 2.13. The van der Waals surface area contributed by atoms with E-state index < -0.39 is 6.10 Å². The van der Waals surface area contributed by atoms with Gasteiger partial charge in [0, 0.05) is 12.3 Å². The zero-order valence-electron chi connectivity index (χ0n) is 11.3. The Morgan fingerprint density at radius 3 is 2.06 bits per heavy atom. The van der Waals surface area contributed by atoms with E-state index in [1.54, 1.807) is 0 Å². The van der Waals surface area contributed by atoms with E-state index in [0.29, 0.717) is 6.42 Å². The van der Waals surface area contributed by atoms with Crippen LogP contribution in [0.25, 0.3) is 0 Å². The summed E-state index contributed by atoms with van der Waals surface area (Å²) < 4.78 is 0. The van der Waals surface area contributed by atoms with Gasteiger partial charge in [0.2, 0.25) is 0 Å². The number of carbonyl (C=O) groups is 1. The van der Waals surface area contributed by atoms with Crippen LogP contribution in [0.1, 0.15) is 66.2 Å². The van der Waals surface area contributed by atoms with Gasteiger partial charge in [-0.3, -0.25) is 4.79 Å². The lowest BCUT2D eigenvalue weighted by Gasteiger charge is -2.11. The number of unbranched alkanes of at least 4 members (excludes halogenated alkanes) is 2. The quantitative estimate of drug-likeness (QED) is 0.613. The van der Waals surface area contributed by atoms with Gasteiger partial charge in [-0.2, -0.15) is 0 Å². The summed E-state index contributed by atoms with van der Waals surface area (Å²) in [5.41, 5.74) is 0. The molecule has 0 heterocycles. The van der Waals surface area contributed by atoms with Gasteiger partial charge < -0.3 is 5.11 Å². The van der Waals surface area contributed by atoms with Crippen molar-refractivity contribution in [1.82, 2.24) is 0 Å². The molecule has 0 aromatic heterocycles. The molecule has 0 radical (unpaired) electrons. The fourth-order valence-corrected chi connectivity index (χ4v) is 1.68. The molecule has 0 amide bonds. The number of hydrogen-bond acceptors (Lipinski definition) is 2. The molecule has 0 aliphatic heterocycles. The van der Waals surface area contributed by atoms with E-state index in [1.807, 2.05) is 13.8 Å². The molecule has 0 spiro atoms. The van der Waals surface area contributed by atoms with Crippen molar-refractivity contribution in [1.29, 1.82) is 0 Å². The Hall–Kier alpha value is -0.370. The van der Waals surface area contributed by atoms with Crippen LogP contribution in [-0.2, 0) is 4.79 Å². The van der Waals surface area contributed by atoms with Gasteiger partial charge >= 0.3 is 0 Å². The molecule has 1 unspecified atom stereocenters. The molecule has 0 saturated heterocycles. The van der Waals surface area contributed by atoms with Crippen molar-refractivity contribution < 1.29 is 9.90 Å². The summed E-state index contributed by atoms with van der Waals surface area (Å²) in [6.45, 7) is 8.24. The molecule has 1 atom stereocenters. The van der Waals surface area contributed by atoms with Crippen LogP contribution < -0.4 is 0 Å². The maximum Gasteiger partial charge on any atom is 0.137 e. The normalized spacial score (nSPS) is 13.4. The first-order valence-electron chi connectivity index (χ1n) is 6.64. The van der Waals surface area contributed by atoms with Crippen molar-refractivity contribution in [3.8, 4) is 0 Å². The fourth-order valence-electron chi connectivity index (χ4n) is 1.68. The third kappa shape index (κ3) is 8.90. The Balaban J connectivity index is 3.44. The summed E-state index contributed by atoms with van der Waals surface area (Å²) >= 11 is 0. The SMILES string of the molecule is CC(C)CCCCCC(O)CC(=O)C(C)C. The maximum absolute atomic E-state index is 11.4. The number of aliphatic hydroxyl groups excluding tert-OH is 1. The second-order valence-electron chi connectivity index (χ2n) is 5.51. The number of rotatable bonds is 9. The van der Waals surface area contributed by atoms with Crippen LogP contribution in [-0.4, -0.2) is 17.0 Å². The van der Waals surface area contributed by atoms with Crippen LogP contribution in [0.15, 0.2) is 0 Å². The largest absolute Gasteiger partial charge is 0.393 e. The van der Waals surface area contributed by atoms with Crippen LogP contribution >= 0.6 is 0 Å². The molecular weight excluding hydrogens is 200 g/mol. The van der Waals surface area contributed by atoms with Gasteiger partial charge in [-0.05, 0) is 12.3 Å². The Bertz CT molecular complexity index is 185. The summed E-state index contributed by atoms with van der Waals surface area (Å²) in [7, 11) is 0. The molecule has 2 nitrogen and oxygen atoms in total. The average Bonchev–Trinajstić information content (AvgIpc) is 2.16. The topological polar surface area (TPSA) is 37.3 Å². The van der Waals surface area contributed by atoms with Gasteiger partial charge in [-0.25, -0.2) is 0 Å². The first-order valence-corrected chi connectivity index (χ1v) is 6.64. The Morgan fingerprint density at radius 2 is 1.56 bits per heavy atom. The molecule has 0 aromatic rings. The van der Waals surface area contributed by atoms with Crippen molar-refractivity contribution in [3.63, 3.8) is 0 Å². The molecule has 0 aliphatic rings. The molecule has 1 N–H and O–H groups in total.